The van der Waals surface area contributed by atoms with Gasteiger partial charge in [-0.1, -0.05) is 29.3 Å². The largest absolute Gasteiger partial charge is 0.389 e. The Morgan fingerprint density at radius 2 is 2.04 bits per heavy atom. The molecule has 0 fully saturated rings. The summed E-state index contributed by atoms with van der Waals surface area (Å²) in [6.45, 7) is 2.11. The first-order valence-electron chi connectivity index (χ1n) is 7.78. The summed E-state index contributed by atoms with van der Waals surface area (Å²) in [6.07, 6.45) is 1.37. The maximum absolute atomic E-state index is 12.1. The molecule has 0 aliphatic heterocycles. The highest BCUT2D eigenvalue weighted by atomic mass is 35.5. The van der Waals surface area contributed by atoms with E-state index in [-0.39, 0.29) is 12.4 Å². The van der Waals surface area contributed by atoms with Gasteiger partial charge in [-0.25, -0.2) is 0 Å². The van der Waals surface area contributed by atoms with Gasteiger partial charge < -0.3 is 15.4 Å². The van der Waals surface area contributed by atoms with Crippen molar-refractivity contribution in [2.24, 2.45) is 0 Å². The quantitative estimate of drug-likeness (QED) is 0.497. The number of halogens is 2. The van der Waals surface area contributed by atoms with Crippen LogP contribution in [0, 0.1) is 17.0 Å². The summed E-state index contributed by atoms with van der Waals surface area (Å²) >= 11 is 12.1. The first-order valence-corrected chi connectivity index (χ1v) is 8.53. The lowest BCUT2D eigenvalue weighted by molar-refractivity contribution is -0.389. The van der Waals surface area contributed by atoms with Gasteiger partial charge in [-0.3, -0.25) is 9.48 Å². The van der Waals surface area contributed by atoms with Crippen molar-refractivity contribution >= 4 is 40.7 Å². The van der Waals surface area contributed by atoms with Crippen LogP contribution in [-0.4, -0.2) is 30.4 Å². The SMILES string of the molecule is Cc1cc(NC(=O)Cn2ccc([N+](=O)[O-])n2)nn1Cc1ccc(Cl)cc1Cl. The van der Waals surface area contributed by atoms with E-state index in [1.165, 1.54) is 16.9 Å². The van der Waals surface area contributed by atoms with E-state index in [0.717, 1.165) is 11.3 Å². The highest BCUT2D eigenvalue weighted by Gasteiger charge is 2.15. The van der Waals surface area contributed by atoms with Gasteiger partial charge in [0.25, 0.3) is 0 Å². The number of rotatable bonds is 6. The molecule has 0 saturated carbocycles. The van der Waals surface area contributed by atoms with Crippen LogP contribution in [0.2, 0.25) is 10.0 Å². The Hall–Kier alpha value is -2.91. The molecule has 0 bridgehead atoms. The fraction of sp³-hybridized carbons (Fsp3) is 0.188. The molecule has 2 heterocycles. The molecule has 11 heteroatoms. The normalized spacial score (nSPS) is 10.8. The van der Waals surface area contributed by atoms with Crippen LogP contribution in [0.15, 0.2) is 36.5 Å². The lowest BCUT2D eigenvalue weighted by atomic mass is 10.2. The molecule has 1 amide bonds. The summed E-state index contributed by atoms with van der Waals surface area (Å²) in [5, 5.41) is 22.4. The van der Waals surface area contributed by atoms with Gasteiger partial charge in [0.1, 0.15) is 6.54 Å². The van der Waals surface area contributed by atoms with Gasteiger partial charge in [0.2, 0.25) is 5.91 Å². The summed E-state index contributed by atoms with van der Waals surface area (Å²) in [6, 6.07) is 8.15. The van der Waals surface area contributed by atoms with E-state index in [4.69, 9.17) is 23.2 Å². The van der Waals surface area contributed by atoms with E-state index in [9.17, 15) is 14.9 Å². The highest BCUT2D eigenvalue weighted by molar-refractivity contribution is 6.35. The van der Waals surface area contributed by atoms with Crippen molar-refractivity contribution in [1.82, 2.24) is 19.6 Å². The van der Waals surface area contributed by atoms with E-state index in [2.05, 4.69) is 15.5 Å². The zero-order valence-electron chi connectivity index (χ0n) is 14.1. The molecule has 0 spiro atoms. The summed E-state index contributed by atoms with van der Waals surface area (Å²) in [5.41, 5.74) is 1.67. The van der Waals surface area contributed by atoms with Gasteiger partial charge in [0, 0.05) is 21.8 Å². The maximum Gasteiger partial charge on any atom is 0.389 e. The molecule has 2 aromatic heterocycles. The van der Waals surface area contributed by atoms with Crippen molar-refractivity contribution in [3.05, 3.63) is 67.9 Å². The van der Waals surface area contributed by atoms with Crippen molar-refractivity contribution in [3.8, 4) is 0 Å². The summed E-state index contributed by atoms with van der Waals surface area (Å²) < 4.78 is 2.88. The molecule has 140 valence electrons. The summed E-state index contributed by atoms with van der Waals surface area (Å²) in [4.78, 5) is 22.1. The van der Waals surface area contributed by atoms with E-state index in [1.54, 1.807) is 22.9 Å². The number of nitro groups is 1. The molecule has 1 aromatic carbocycles. The summed E-state index contributed by atoms with van der Waals surface area (Å²) in [7, 11) is 0. The molecule has 3 aromatic rings. The van der Waals surface area contributed by atoms with Gasteiger partial charge in [-0.05, 0) is 29.5 Å². The van der Waals surface area contributed by atoms with Crippen molar-refractivity contribution in [2.45, 2.75) is 20.0 Å². The topological polar surface area (TPSA) is 108 Å². The van der Waals surface area contributed by atoms with Crippen LogP contribution in [0.3, 0.4) is 0 Å². The smallest absolute Gasteiger partial charge is 0.358 e. The highest BCUT2D eigenvalue weighted by Crippen LogP contribution is 2.22. The Balaban J connectivity index is 1.66. The molecular weight excluding hydrogens is 395 g/mol. The van der Waals surface area contributed by atoms with Gasteiger partial charge in [0.05, 0.1) is 23.9 Å². The van der Waals surface area contributed by atoms with Crippen LogP contribution < -0.4 is 5.32 Å². The number of aromatic nitrogens is 4. The Bertz CT molecular complexity index is 1010. The molecule has 3 rings (SSSR count). The van der Waals surface area contributed by atoms with Crippen LogP contribution in [0.25, 0.3) is 0 Å². The molecule has 0 unspecified atom stereocenters. The zero-order chi connectivity index (χ0) is 19.6. The fourth-order valence-corrected chi connectivity index (χ4v) is 2.88. The van der Waals surface area contributed by atoms with Crippen LogP contribution in [0.1, 0.15) is 11.3 Å². The number of nitrogens with one attached hydrogen (secondary N) is 1. The van der Waals surface area contributed by atoms with Crippen LogP contribution in [-0.2, 0) is 17.9 Å². The Labute approximate surface area is 163 Å². The molecule has 0 atom stereocenters. The van der Waals surface area contributed by atoms with Crippen molar-refractivity contribution < 1.29 is 9.72 Å². The lowest BCUT2D eigenvalue weighted by Crippen LogP contribution is -2.19. The molecule has 0 saturated heterocycles. The minimum atomic E-state index is -0.624. The molecule has 1 N–H and O–H groups in total. The maximum atomic E-state index is 12.1. The van der Waals surface area contributed by atoms with E-state index >= 15 is 0 Å². The molecule has 0 aliphatic rings. The molecular formula is C16H14Cl2N6O3. The third-order valence-electron chi connectivity index (χ3n) is 3.70. The number of benzene rings is 1. The Kier molecular flexibility index (Phi) is 5.43. The predicted molar refractivity (Wildman–Crippen MR) is 100 cm³/mol. The monoisotopic (exact) mass is 408 g/mol. The predicted octanol–water partition coefficient (Wildman–Crippen LogP) is 3.29. The van der Waals surface area contributed by atoms with Crippen LogP contribution in [0.5, 0.6) is 0 Å². The summed E-state index contributed by atoms with van der Waals surface area (Å²) in [5.74, 6) is -0.353. The number of carbonyl (C=O) groups is 1. The van der Waals surface area contributed by atoms with Gasteiger partial charge in [-0.15, -0.1) is 0 Å². The van der Waals surface area contributed by atoms with E-state index < -0.39 is 10.8 Å². The van der Waals surface area contributed by atoms with E-state index in [0.29, 0.717) is 22.4 Å². The standard InChI is InChI=1S/C16H14Cl2N6O3/c1-10-6-14(19-16(25)9-22-5-4-15(21-22)24(26)27)20-23(10)8-11-2-3-12(17)7-13(11)18/h2-7H,8-9H2,1H3,(H,19,20,25). The number of anilines is 1. The number of aryl methyl sites for hydroxylation is 1. The van der Waals surface area contributed by atoms with Crippen molar-refractivity contribution in [1.29, 1.82) is 0 Å². The van der Waals surface area contributed by atoms with Gasteiger partial charge in [0.15, 0.2) is 5.82 Å². The number of carbonyl (C=O) groups excluding carboxylic acids is 1. The molecule has 27 heavy (non-hydrogen) atoms. The second kappa shape index (κ2) is 7.77. The fourth-order valence-electron chi connectivity index (χ4n) is 2.41. The van der Waals surface area contributed by atoms with Crippen molar-refractivity contribution in [2.75, 3.05) is 5.32 Å². The Morgan fingerprint density at radius 3 is 2.70 bits per heavy atom. The second-order valence-electron chi connectivity index (χ2n) is 5.74. The number of amides is 1. The van der Waals surface area contributed by atoms with Crippen LogP contribution in [0.4, 0.5) is 11.6 Å². The first-order chi connectivity index (χ1) is 12.8. The molecule has 9 nitrogen and oxygen atoms in total. The van der Waals surface area contributed by atoms with Crippen molar-refractivity contribution in [3.63, 3.8) is 0 Å². The van der Waals surface area contributed by atoms with E-state index in [1.807, 2.05) is 13.0 Å². The Morgan fingerprint density at radius 1 is 1.26 bits per heavy atom. The zero-order valence-corrected chi connectivity index (χ0v) is 15.6. The average molecular weight is 409 g/mol. The first kappa shape index (κ1) is 18.9. The lowest BCUT2D eigenvalue weighted by Gasteiger charge is -2.07. The average Bonchev–Trinajstić information content (AvgIpc) is 3.17. The third kappa shape index (κ3) is 4.63. The molecule has 0 radical (unpaired) electrons. The number of hydrogen-bond donors (Lipinski definition) is 1. The minimum Gasteiger partial charge on any atom is -0.358 e. The third-order valence-corrected chi connectivity index (χ3v) is 4.29. The van der Waals surface area contributed by atoms with Crippen LogP contribution >= 0.6 is 23.2 Å². The number of nitrogens with zero attached hydrogens (tertiary/aromatic N) is 5. The molecule has 0 aliphatic carbocycles. The van der Waals surface area contributed by atoms with Gasteiger partial charge in [-0.2, -0.15) is 9.78 Å². The second-order valence-corrected chi connectivity index (χ2v) is 6.58. The number of hydrogen-bond acceptors (Lipinski definition) is 5. The van der Waals surface area contributed by atoms with Gasteiger partial charge >= 0.3 is 5.82 Å². The minimum absolute atomic E-state index is 0.164.